The molecule has 1 aromatic heterocycles. The standard InChI is InChI=1S/C11H7N5/c12-5-9-3-1-2-4-10(9)11(6-13)16-8-14-7-15-16/h1-4,7-8,11H/t11-/m1/s1. The van der Waals surface area contributed by atoms with Crippen LogP contribution in [0.2, 0.25) is 0 Å². The quantitative estimate of drug-likeness (QED) is 0.745. The number of aromatic nitrogens is 3. The molecule has 0 N–H and O–H groups in total. The Morgan fingerprint density at radius 2 is 2.06 bits per heavy atom. The fourth-order valence-electron chi connectivity index (χ4n) is 1.46. The fraction of sp³-hybridized carbons (Fsp3) is 0.0909. The molecule has 0 aliphatic carbocycles. The van der Waals surface area contributed by atoms with Crippen molar-refractivity contribution < 1.29 is 0 Å². The van der Waals surface area contributed by atoms with Gasteiger partial charge in [0, 0.05) is 5.56 Å². The Morgan fingerprint density at radius 1 is 1.25 bits per heavy atom. The Kier molecular flexibility index (Phi) is 2.62. The molecule has 0 bridgehead atoms. The summed E-state index contributed by atoms with van der Waals surface area (Å²) in [6.07, 6.45) is 2.82. The third-order valence-corrected chi connectivity index (χ3v) is 2.20. The van der Waals surface area contributed by atoms with E-state index in [1.54, 1.807) is 24.3 Å². The molecule has 2 aromatic rings. The molecule has 0 saturated heterocycles. The summed E-state index contributed by atoms with van der Waals surface area (Å²) in [7, 11) is 0. The van der Waals surface area contributed by atoms with Crippen LogP contribution in [0.15, 0.2) is 36.9 Å². The van der Waals surface area contributed by atoms with Crippen molar-refractivity contribution >= 4 is 0 Å². The predicted octanol–water partition coefficient (Wildman–Crippen LogP) is 1.26. The average molecular weight is 209 g/mol. The van der Waals surface area contributed by atoms with Gasteiger partial charge in [-0.1, -0.05) is 18.2 Å². The van der Waals surface area contributed by atoms with E-state index >= 15 is 0 Å². The zero-order chi connectivity index (χ0) is 11.4. The molecule has 5 nitrogen and oxygen atoms in total. The van der Waals surface area contributed by atoms with Crippen molar-refractivity contribution in [3.05, 3.63) is 48.0 Å². The van der Waals surface area contributed by atoms with Gasteiger partial charge in [0.25, 0.3) is 0 Å². The maximum absolute atomic E-state index is 9.12. The Labute approximate surface area is 92.2 Å². The minimum Gasteiger partial charge on any atom is -0.231 e. The number of nitrogens with zero attached hydrogens (tertiary/aromatic N) is 5. The fourth-order valence-corrected chi connectivity index (χ4v) is 1.46. The molecule has 0 spiro atoms. The minimum atomic E-state index is -0.613. The van der Waals surface area contributed by atoms with Gasteiger partial charge >= 0.3 is 0 Å². The molecular formula is C11H7N5. The second kappa shape index (κ2) is 4.24. The van der Waals surface area contributed by atoms with Gasteiger partial charge in [0.1, 0.15) is 12.7 Å². The number of hydrogen-bond acceptors (Lipinski definition) is 4. The minimum absolute atomic E-state index is 0.476. The molecule has 16 heavy (non-hydrogen) atoms. The first-order valence-electron chi connectivity index (χ1n) is 4.59. The van der Waals surface area contributed by atoms with Crippen LogP contribution in [0, 0.1) is 22.7 Å². The van der Waals surface area contributed by atoms with Gasteiger partial charge in [0.15, 0.2) is 6.04 Å². The van der Waals surface area contributed by atoms with Crippen molar-refractivity contribution in [3.63, 3.8) is 0 Å². The first-order chi connectivity index (χ1) is 7.86. The van der Waals surface area contributed by atoms with Crippen LogP contribution < -0.4 is 0 Å². The molecule has 0 aliphatic heterocycles. The van der Waals surface area contributed by atoms with E-state index in [1.165, 1.54) is 17.3 Å². The molecule has 0 unspecified atom stereocenters. The molecule has 76 valence electrons. The lowest BCUT2D eigenvalue weighted by Gasteiger charge is -2.10. The van der Waals surface area contributed by atoms with Crippen molar-refractivity contribution in [2.45, 2.75) is 6.04 Å². The lowest BCUT2D eigenvalue weighted by atomic mass is 10.0. The lowest BCUT2D eigenvalue weighted by molar-refractivity contribution is 0.618. The van der Waals surface area contributed by atoms with Crippen molar-refractivity contribution in [3.8, 4) is 12.1 Å². The number of benzene rings is 1. The summed E-state index contributed by atoms with van der Waals surface area (Å²) in [5.74, 6) is 0. The third-order valence-electron chi connectivity index (χ3n) is 2.20. The van der Waals surface area contributed by atoms with E-state index < -0.39 is 6.04 Å². The van der Waals surface area contributed by atoms with Crippen LogP contribution in [0.4, 0.5) is 0 Å². The molecule has 1 aromatic carbocycles. The topological polar surface area (TPSA) is 78.3 Å². The zero-order valence-electron chi connectivity index (χ0n) is 8.28. The first-order valence-corrected chi connectivity index (χ1v) is 4.59. The highest BCUT2D eigenvalue weighted by Crippen LogP contribution is 2.19. The van der Waals surface area contributed by atoms with Crippen LogP contribution >= 0.6 is 0 Å². The molecule has 0 radical (unpaired) electrons. The monoisotopic (exact) mass is 209 g/mol. The van der Waals surface area contributed by atoms with E-state index in [9.17, 15) is 0 Å². The number of rotatable bonds is 2. The van der Waals surface area contributed by atoms with Crippen LogP contribution in [-0.2, 0) is 0 Å². The highest BCUT2D eigenvalue weighted by molar-refractivity contribution is 5.41. The Hall–Kier alpha value is -2.66. The molecule has 0 amide bonds. The molecule has 1 heterocycles. The van der Waals surface area contributed by atoms with E-state index in [0.717, 1.165) is 0 Å². The van der Waals surface area contributed by atoms with Crippen LogP contribution in [-0.4, -0.2) is 14.8 Å². The summed E-state index contributed by atoms with van der Waals surface area (Å²) in [6, 6.07) is 10.5. The molecule has 0 fully saturated rings. The van der Waals surface area contributed by atoms with Crippen LogP contribution in [0.25, 0.3) is 0 Å². The molecule has 0 saturated carbocycles. The van der Waals surface area contributed by atoms with Crippen molar-refractivity contribution in [1.29, 1.82) is 10.5 Å². The van der Waals surface area contributed by atoms with Crippen LogP contribution in [0.1, 0.15) is 17.2 Å². The highest BCUT2D eigenvalue weighted by atomic mass is 15.3. The van der Waals surface area contributed by atoms with Crippen molar-refractivity contribution in [2.75, 3.05) is 0 Å². The van der Waals surface area contributed by atoms with Crippen LogP contribution in [0.3, 0.4) is 0 Å². The van der Waals surface area contributed by atoms with E-state index in [0.29, 0.717) is 11.1 Å². The van der Waals surface area contributed by atoms with E-state index in [1.807, 2.05) is 0 Å². The predicted molar refractivity (Wildman–Crippen MR) is 54.9 cm³/mol. The van der Waals surface area contributed by atoms with Gasteiger partial charge in [0.05, 0.1) is 17.7 Å². The summed E-state index contributed by atoms with van der Waals surface area (Å²) >= 11 is 0. The van der Waals surface area contributed by atoms with Gasteiger partial charge in [-0.3, -0.25) is 0 Å². The van der Waals surface area contributed by atoms with E-state index in [2.05, 4.69) is 22.2 Å². The second-order valence-electron chi connectivity index (χ2n) is 3.11. The largest absolute Gasteiger partial charge is 0.231 e. The maximum atomic E-state index is 9.12. The summed E-state index contributed by atoms with van der Waals surface area (Å²) in [5, 5.41) is 22.0. The van der Waals surface area contributed by atoms with Gasteiger partial charge in [-0.05, 0) is 6.07 Å². The van der Waals surface area contributed by atoms with Crippen molar-refractivity contribution in [1.82, 2.24) is 14.8 Å². The first kappa shape index (κ1) is 9.88. The Balaban J connectivity index is 2.51. The van der Waals surface area contributed by atoms with Crippen molar-refractivity contribution in [2.24, 2.45) is 0 Å². The average Bonchev–Trinajstić information content (AvgIpc) is 2.84. The Morgan fingerprint density at radius 3 is 2.69 bits per heavy atom. The van der Waals surface area contributed by atoms with Gasteiger partial charge in [0.2, 0.25) is 0 Å². The SMILES string of the molecule is N#Cc1ccccc1[C@@H](C#N)n1cncn1. The molecule has 1 atom stereocenters. The lowest BCUT2D eigenvalue weighted by Crippen LogP contribution is -2.10. The molecule has 0 aliphatic rings. The molecule has 2 rings (SSSR count). The third kappa shape index (κ3) is 1.62. The van der Waals surface area contributed by atoms with E-state index in [-0.39, 0.29) is 0 Å². The summed E-state index contributed by atoms with van der Waals surface area (Å²) in [5.41, 5.74) is 1.11. The van der Waals surface area contributed by atoms with Crippen LogP contribution in [0.5, 0.6) is 0 Å². The van der Waals surface area contributed by atoms with Gasteiger partial charge < -0.3 is 0 Å². The van der Waals surface area contributed by atoms with Gasteiger partial charge in [-0.25, -0.2) is 9.67 Å². The van der Waals surface area contributed by atoms with E-state index in [4.69, 9.17) is 10.5 Å². The summed E-state index contributed by atoms with van der Waals surface area (Å²) < 4.78 is 1.43. The number of hydrogen-bond donors (Lipinski definition) is 0. The number of nitriles is 2. The smallest absolute Gasteiger partial charge is 0.166 e. The molecule has 5 heteroatoms. The summed E-state index contributed by atoms with van der Waals surface area (Å²) in [4.78, 5) is 3.79. The second-order valence-corrected chi connectivity index (χ2v) is 3.11. The highest BCUT2D eigenvalue weighted by Gasteiger charge is 2.16. The van der Waals surface area contributed by atoms with Gasteiger partial charge in [-0.2, -0.15) is 15.6 Å². The zero-order valence-corrected chi connectivity index (χ0v) is 8.28. The maximum Gasteiger partial charge on any atom is 0.166 e. The molecular weight excluding hydrogens is 202 g/mol. The Bertz CT molecular complexity index is 559. The van der Waals surface area contributed by atoms with Gasteiger partial charge in [-0.15, -0.1) is 0 Å². The summed E-state index contributed by atoms with van der Waals surface area (Å²) in [6.45, 7) is 0. The normalized spacial score (nSPS) is 11.4.